The van der Waals surface area contributed by atoms with Crippen molar-refractivity contribution in [2.75, 3.05) is 34.5 Å². The standard InChI is InChI=1S/C17H24O8/c1-5-24-17(20)15(16(18)19)25-8-6-7-11-9-12(21-2)14(23-4)13(10-11)22-3/h9-10,15H,5-8H2,1-4H3,(H,18,19). The summed E-state index contributed by atoms with van der Waals surface area (Å²) in [6.45, 7) is 1.78. The zero-order chi connectivity index (χ0) is 18.8. The smallest absolute Gasteiger partial charge is 0.347 e. The molecule has 1 rings (SSSR count). The fraction of sp³-hybridized carbons (Fsp3) is 0.529. The topological polar surface area (TPSA) is 101 Å². The fourth-order valence-electron chi connectivity index (χ4n) is 2.22. The molecule has 0 amide bonds. The molecule has 25 heavy (non-hydrogen) atoms. The molecule has 0 aliphatic heterocycles. The molecular weight excluding hydrogens is 332 g/mol. The minimum Gasteiger partial charge on any atom is -0.493 e. The van der Waals surface area contributed by atoms with Crippen LogP contribution in [0.5, 0.6) is 17.2 Å². The van der Waals surface area contributed by atoms with Gasteiger partial charge in [0.05, 0.1) is 27.9 Å². The summed E-state index contributed by atoms with van der Waals surface area (Å²) in [5.41, 5.74) is 0.904. The number of ether oxygens (including phenoxy) is 5. The Hall–Kier alpha value is -2.48. The number of carbonyl (C=O) groups excluding carboxylic acids is 1. The second-order valence-corrected chi connectivity index (χ2v) is 4.98. The normalized spacial score (nSPS) is 11.5. The quantitative estimate of drug-likeness (QED) is 0.363. The Morgan fingerprint density at radius 3 is 2.12 bits per heavy atom. The van der Waals surface area contributed by atoms with Crippen molar-refractivity contribution < 1.29 is 38.4 Å². The first-order valence-corrected chi connectivity index (χ1v) is 7.78. The Bertz CT molecular complexity index is 559. The molecule has 0 aliphatic carbocycles. The number of carboxylic acid groups (broad SMARTS) is 1. The van der Waals surface area contributed by atoms with Crippen molar-refractivity contribution in [2.24, 2.45) is 0 Å². The lowest BCUT2D eigenvalue weighted by Crippen LogP contribution is -2.34. The predicted molar refractivity (Wildman–Crippen MR) is 88.4 cm³/mol. The summed E-state index contributed by atoms with van der Waals surface area (Å²) in [5, 5.41) is 9.01. The minimum atomic E-state index is -1.61. The highest BCUT2D eigenvalue weighted by Gasteiger charge is 2.28. The molecule has 0 radical (unpaired) electrons. The molecule has 0 aliphatic rings. The van der Waals surface area contributed by atoms with Gasteiger partial charge in [-0.1, -0.05) is 0 Å². The van der Waals surface area contributed by atoms with Gasteiger partial charge in [0.2, 0.25) is 5.75 Å². The van der Waals surface area contributed by atoms with Crippen LogP contribution in [0.25, 0.3) is 0 Å². The number of aliphatic carboxylic acids is 1. The van der Waals surface area contributed by atoms with Crippen LogP contribution in [-0.2, 0) is 25.5 Å². The molecule has 0 spiro atoms. The maximum atomic E-state index is 11.5. The third kappa shape index (κ3) is 5.82. The van der Waals surface area contributed by atoms with Gasteiger partial charge in [-0.05, 0) is 37.5 Å². The van der Waals surface area contributed by atoms with Gasteiger partial charge in [0.1, 0.15) is 0 Å². The highest BCUT2D eigenvalue weighted by atomic mass is 16.6. The van der Waals surface area contributed by atoms with Crippen molar-refractivity contribution in [3.63, 3.8) is 0 Å². The van der Waals surface area contributed by atoms with Gasteiger partial charge in [0.15, 0.2) is 11.5 Å². The lowest BCUT2D eigenvalue weighted by Gasteiger charge is -2.15. The van der Waals surface area contributed by atoms with E-state index in [-0.39, 0.29) is 13.2 Å². The number of aryl methyl sites for hydroxylation is 1. The van der Waals surface area contributed by atoms with E-state index in [1.165, 1.54) is 21.3 Å². The van der Waals surface area contributed by atoms with Gasteiger partial charge in [-0.15, -0.1) is 0 Å². The van der Waals surface area contributed by atoms with Gasteiger partial charge in [0.25, 0.3) is 6.10 Å². The van der Waals surface area contributed by atoms with E-state index in [0.29, 0.717) is 30.1 Å². The lowest BCUT2D eigenvalue weighted by atomic mass is 10.1. The van der Waals surface area contributed by atoms with Crippen LogP contribution in [0.15, 0.2) is 12.1 Å². The molecular formula is C17H24O8. The summed E-state index contributed by atoms with van der Waals surface area (Å²) in [7, 11) is 4.58. The fourth-order valence-corrected chi connectivity index (χ4v) is 2.22. The Kier molecular flexibility index (Phi) is 8.55. The van der Waals surface area contributed by atoms with Crippen molar-refractivity contribution in [1.82, 2.24) is 0 Å². The average Bonchev–Trinajstić information content (AvgIpc) is 2.60. The monoisotopic (exact) mass is 356 g/mol. The summed E-state index contributed by atoms with van der Waals surface area (Å²) in [4.78, 5) is 22.6. The van der Waals surface area contributed by atoms with Crippen LogP contribution < -0.4 is 14.2 Å². The van der Waals surface area contributed by atoms with Crippen molar-refractivity contribution in [2.45, 2.75) is 25.9 Å². The Morgan fingerprint density at radius 2 is 1.68 bits per heavy atom. The molecule has 1 unspecified atom stereocenters. The number of hydrogen-bond donors (Lipinski definition) is 1. The van der Waals surface area contributed by atoms with E-state index in [4.69, 9.17) is 24.1 Å². The third-order valence-corrected chi connectivity index (χ3v) is 3.34. The van der Waals surface area contributed by atoms with E-state index >= 15 is 0 Å². The van der Waals surface area contributed by atoms with Crippen LogP contribution in [0.4, 0.5) is 0 Å². The van der Waals surface area contributed by atoms with E-state index in [0.717, 1.165) is 5.56 Å². The Morgan fingerprint density at radius 1 is 1.08 bits per heavy atom. The maximum Gasteiger partial charge on any atom is 0.347 e. The molecule has 1 N–H and O–H groups in total. The maximum absolute atomic E-state index is 11.5. The zero-order valence-corrected chi connectivity index (χ0v) is 14.9. The number of benzene rings is 1. The Labute approximate surface area is 146 Å². The van der Waals surface area contributed by atoms with Gasteiger partial charge in [-0.2, -0.15) is 0 Å². The third-order valence-electron chi connectivity index (χ3n) is 3.34. The van der Waals surface area contributed by atoms with Gasteiger partial charge in [-0.3, -0.25) is 0 Å². The first kappa shape index (κ1) is 20.6. The van der Waals surface area contributed by atoms with Gasteiger partial charge in [-0.25, -0.2) is 9.59 Å². The second-order valence-electron chi connectivity index (χ2n) is 4.98. The molecule has 0 heterocycles. The van der Waals surface area contributed by atoms with Crippen molar-refractivity contribution in [3.8, 4) is 17.2 Å². The van der Waals surface area contributed by atoms with Crippen LogP contribution in [0.1, 0.15) is 18.9 Å². The number of rotatable bonds is 11. The summed E-state index contributed by atoms with van der Waals surface area (Å²) in [5.74, 6) is -0.701. The van der Waals surface area contributed by atoms with Crippen LogP contribution in [0.3, 0.4) is 0 Å². The summed E-state index contributed by atoms with van der Waals surface area (Å²) < 4.78 is 25.6. The summed E-state index contributed by atoms with van der Waals surface area (Å²) in [6, 6.07) is 3.61. The number of carbonyl (C=O) groups is 2. The van der Waals surface area contributed by atoms with Crippen LogP contribution in [0.2, 0.25) is 0 Å². The molecule has 0 saturated heterocycles. The molecule has 0 fully saturated rings. The number of hydrogen-bond acceptors (Lipinski definition) is 7. The highest BCUT2D eigenvalue weighted by Crippen LogP contribution is 2.38. The molecule has 1 aromatic carbocycles. The SMILES string of the molecule is CCOC(=O)C(OCCCc1cc(OC)c(OC)c(OC)c1)C(=O)O. The van der Waals surface area contributed by atoms with Crippen molar-refractivity contribution in [1.29, 1.82) is 0 Å². The van der Waals surface area contributed by atoms with Gasteiger partial charge in [0, 0.05) is 6.61 Å². The zero-order valence-electron chi connectivity index (χ0n) is 14.9. The van der Waals surface area contributed by atoms with Crippen molar-refractivity contribution in [3.05, 3.63) is 17.7 Å². The number of carboxylic acids is 1. The van der Waals surface area contributed by atoms with Crippen molar-refractivity contribution >= 4 is 11.9 Å². The molecule has 140 valence electrons. The molecule has 8 heteroatoms. The van der Waals surface area contributed by atoms with E-state index in [1.54, 1.807) is 19.1 Å². The minimum absolute atomic E-state index is 0.0897. The molecule has 0 saturated carbocycles. The van der Waals surface area contributed by atoms with E-state index in [9.17, 15) is 9.59 Å². The Balaban J connectivity index is 2.66. The second kappa shape index (κ2) is 10.4. The van der Waals surface area contributed by atoms with Gasteiger partial charge >= 0.3 is 11.9 Å². The van der Waals surface area contributed by atoms with E-state index in [1.807, 2.05) is 0 Å². The van der Waals surface area contributed by atoms with E-state index in [2.05, 4.69) is 4.74 Å². The molecule has 1 atom stereocenters. The van der Waals surface area contributed by atoms with E-state index < -0.39 is 18.0 Å². The first-order chi connectivity index (χ1) is 12.0. The highest BCUT2D eigenvalue weighted by molar-refractivity contribution is 5.97. The van der Waals surface area contributed by atoms with Gasteiger partial charge < -0.3 is 28.8 Å². The van der Waals surface area contributed by atoms with Crippen LogP contribution in [-0.4, -0.2) is 57.7 Å². The predicted octanol–water partition coefficient (Wildman–Crippen LogP) is 1.68. The summed E-state index contributed by atoms with van der Waals surface area (Å²) in [6.07, 6.45) is -0.534. The molecule has 8 nitrogen and oxygen atoms in total. The lowest BCUT2D eigenvalue weighted by molar-refractivity contribution is -0.169. The molecule has 0 bridgehead atoms. The number of esters is 1. The summed E-state index contributed by atoms with van der Waals surface area (Å²) >= 11 is 0. The van der Waals surface area contributed by atoms with Crippen LogP contribution in [0, 0.1) is 0 Å². The number of methoxy groups -OCH3 is 3. The first-order valence-electron chi connectivity index (χ1n) is 7.78. The molecule has 0 aromatic heterocycles. The molecule has 1 aromatic rings. The largest absolute Gasteiger partial charge is 0.493 e. The van der Waals surface area contributed by atoms with Crippen LogP contribution >= 0.6 is 0 Å². The average molecular weight is 356 g/mol.